The molecule has 3 rings (SSSR count). The fraction of sp³-hybridized carbons (Fsp3) is 0.316. The number of piperazine rings is 1. The number of aromatic hydroxyl groups is 1. The largest absolute Gasteiger partial charge is 0.507 e. The van der Waals surface area contributed by atoms with Gasteiger partial charge in [-0.3, -0.25) is 4.79 Å². The molecule has 7 nitrogen and oxygen atoms in total. The number of amides is 1. The number of phenolic OH excluding ortho intramolecular Hbond substituents is 1. The predicted molar refractivity (Wildman–Crippen MR) is 105 cm³/mol. The van der Waals surface area contributed by atoms with Crippen molar-refractivity contribution in [2.45, 2.75) is 4.90 Å². The zero-order valence-electron chi connectivity index (χ0n) is 15.3. The van der Waals surface area contributed by atoms with Crippen LogP contribution in [0.2, 0.25) is 0 Å². The van der Waals surface area contributed by atoms with Gasteiger partial charge in [0.2, 0.25) is 0 Å². The van der Waals surface area contributed by atoms with Crippen molar-refractivity contribution >= 4 is 27.1 Å². The summed E-state index contributed by atoms with van der Waals surface area (Å²) in [7, 11) is -1.49. The quantitative estimate of drug-likeness (QED) is 0.775. The molecule has 8 heteroatoms. The number of nitrogens with one attached hydrogen (secondary N) is 1. The standard InChI is InChI=1S/C19H23N3O4S/c1-21-9-11-22(12-10-21)16-6-3-14(4-7-16)19(24)20-15-5-8-17(23)18(13-15)27(2,25)26/h3-8,13,23H,9-12H2,1-2H3,(H,20,24). The molecule has 0 bridgehead atoms. The first-order valence-electron chi connectivity index (χ1n) is 8.62. The number of carbonyl (C=O) groups is 1. The lowest BCUT2D eigenvalue weighted by atomic mass is 10.1. The first-order valence-corrected chi connectivity index (χ1v) is 10.5. The van der Waals surface area contributed by atoms with E-state index in [1.165, 1.54) is 18.2 Å². The SMILES string of the molecule is CN1CCN(c2ccc(C(=O)Nc3ccc(O)c(S(C)(=O)=O)c3)cc2)CC1. The molecule has 0 spiro atoms. The molecular weight excluding hydrogens is 366 g/mol. The molecule has 1 saturated heterocycles. The van der Waals surface area contributed by atoms with E-state index < -0.39 is 9.84 Å². The van der Waals surface area contributed by atoms with Crippen molar-refractivity contribution in [1.29, 1.82) is 0 Å². The number of anilines is 2. The van der Waals surface area contributed by atoms with E-state index >= 15 is 0 Å². The molecule has 0 aromatic heterocycles. The molecule has 2 aromatic rings. The molecule has 27 heavy (non-hydrogen) atoms. The Labute approximate surface area is 159 Å². The number of sulfone groups is 1. The highest BCUT2D eigenvalue weighted by Crippen LogP contribution is 2.26. The molecule has 1 amide bonds. The second-order valence-electron chi connectivity index (χ2n) is 6.75. The van der Waals surface area contributed by atoms with E-state index in [1.54, 1.807) is 12.1 Å². The molecule has 0 unspecified atom stereocenters. The van der Waals surface area contributed by atoms with Crippen LogP contribution in [-0.4, -0.2) is 63.8 Å². The van der Waals surface area contributed by atoms with Gasteiger partial charge in [0, 0.05) is 49.4 Å². The highest BCUT2D eigenvalue weighted by Gasteiger charge is 2.16. The number of carbonyl (C=O) groups excluding carboxylic acids is 1. The Hall–Kier alpha value is -2.58. The Bertz CT molecular complexity index is 934. The Morgan fingerprint density at radius 1 is 1.04 bits per heavy atom. The molecule has 0 radical (unpaired) electrons. The molecule has 1 heterocycles. The van der Waals surface area contributed by atoms with Gasteiger partial charge in [0.05, 0.1) is 0 Å². The van der Waals surface area contributed by atoms with Crippen molar-refractivity contribution in [1.82, 2.24) is 4.90 Å². The molecule has 2 N–H and O–H groups in total. The first-order chi connectivity index (χ1) is 12.7. The lowest BCUT2D eigenvalue weighted by molar-refractivity contribution is 0.102. The molecule has 1 aliphatic rings. The van der Waals surface area contributed by atoms with Gasteiger partial charge in [0.1, 0.15) is 10.6 Å². The van der Waals surface area contributed by atoms with Crippen molar-refractivity contribution in [3.8, 4) is 5.75 Å². The predicted octanol–water partition coefficient (Wildman–Crippen LogP) is 1.80. The number of nitrogens with zero attached hydrogens (tertiary/aromatic N) is 2. The van der Waals surface area contributed by atoms with Crippen molar-refractivity contribution < 1.29 is 18.3 Å². The Morgan fingerprint density at radius 3 is 2.26 bits per heavy atom. The van der Waals surface area contributed by atoms with E-state index in [0.29, 0.717) is 11.3 Å². The minimum atomic E-state index is -3.59. The Morgan fingerprint density at radius 2 is 1.67 bits per heavy atom. The van der Waals surface area contributed by atoms with Crippen LogP contribution in [0.3, 0.4) is 0 Å². The number of rotatable bonds is 4. The molecule has 1 fully saturated rings. The molecule has 144 valence electrons. The Balaban J connectivity index is 1.72. The molecule has 1 aliphatic heterocycles. The number of likely N-dealkylation sites (N-methyl/N-ethyl adjacent to an activating group) is 1. The minimum absolute atomic E-state index is 0.217. The molecule has 0 aliphatic carbocycles. The highest BCUT2D eigenvalue weighted by atomic mass is 32.2. The topological polar surface area (TPSA) is 89.9 Å². The van der Waals surface area contributed by atoms with Gasteiger partial charge in [0.25, 0.3) is 5.91 Å². The van der Waals surface area contributed by atoms with Crippen LogP contribution in [0.1, 0.15) is 10.4 Å². The van der Waals surface area contributed by atoms with E-state index in [0.717, 1.165) is 38.1 Å². The second kappa shape index (κ2) is 7.58. The highest BCUT2D eigenvalue weighted by molar-refractivity contribution is 7.90. The van der Waals surface area contributed by atoms with E-state index in [2.05, 4.69) is 22.2 Å². The van der Waals surface area contributed by atoms with E-state index in [1.807, 2.05) is 12.1 Å². The minimum Gasteiger partial charge on any atom is -0.507 e. The zero-order valence-corrected chi connectivity index (χ0v) is 16.2. The summed E-state index contributed by atoms with van der Waals surface area (Å²) in [5.74, 6) is -0.683. The van der Waals surface area contributed by atoms with Crippen LogP contribution in [-0.2, 0) is 9.84 Å². The van der Waals surface area contributed by atoms with Gasteiger partial charge in [-0.05, 0) is 49.5 Å². The zero-order chi connectivity index (χ0) is 19.6. The van der Waals surface area contributed by atoms with Crippen LogP contribution < -0.4 is 10.2 Å². The summed E-state index contributed by atoms with van der Waals surface area (Å²) in [4.78, 5) is 16.8. The Kier molecular flexibility index (Phi) is 5.38. The van der Waals surface area contributed by atoms with Crippen molar-refractivity contribution in [2.24, 2.45) is 0 Å². The van der Waals surface area contributed by atoms with Gasteiger partial charge in [-0.15, -0.1) is 0 Å². The fourth-order valence-electron chi connectivity index (χ4n) is 2.98. The third kappa shape index (κ3) is 4.58. The summed E-state index contributed by atoms with van der Waals surface area (Å²) < 4.78 is 23.4. The maximum atomic E-state index is 12.4. The average molecular weight is 389 g/mol. The first kappa shape index (κ1) is 19.2. The van der Waals surface area contributed by atoms with E-state index in [4.69, 9.17) is 0 Å². The van der Waals surface area contributed by atoms with Gasteiger partial charge in [-0.2, -0.15) is 0 Å². The normalized spacial score (nSPS) is 15.6. The van der Waals surface area contributed by atoms with Gasteiger partial charge < -0.3 is 20.2 Å². The van der Waals surface area contributed by atoms with Crippen LogP contribution in [0.15, 0.2) is 47.4 Å². The lowest BCUT2D eigenvalue weighted by Crippen LogP contribution is -2.44. The van der Waals surface area contributed by atoms with Gasteiger partial charge in [-0.25, -0.2) is 8.42 Å². The second-order valence-corrected chi connectivity index (χ2v) is 8.73. The summed E-state index contributed by atoms with van der Waals surface area (Å²) in [6.07, 6.45) is 1.00. The van der Waals surface area contributed by atoms with E-state index in [9.17, 15) is 18.3 Å². The average Bonchev–Trinajstić information content (AvgIpc) is 2.63. The molecule has 0 atom stereocenters. The van der Waals surface area contributed by atoms with Gasteiger partial charge in [0.15, 0.2) is 9.84 Å². The number of benzene rings is 2. The van der Waals surface area contributed by atoms with Crippen LogP contribution in [0.4, 0.5) is 11.4 Å². The summed E-state index contributed by atoms with van der Waals surface area (Å²) >= 11 is 0. The van der Waals surface area contributed by atoms with Gasteiger partial charge >= 0.3 is 0 Å². The summed E-state index contributed by atoms with van der Waals surface area (Å²) in [6, 6.07) is 11.3. The fourth-order valence-corrected chi connectivity index (χ4v) is 3.77. The monoisotopic (exact) mass is 389 g/mol. The molecule has 2 aromatic carbocycles. The van der Waals surface area contributed by atoms with Crippen LogP contribution >= 0.6 is 0 Å². The summed E-state index contributed by atoms with van der Waals surface area (Å²) in [6.45, 7) is 3.91. The van der Waals surface area contributed by atoms with Crippen molar-refractivity contribution in [2.75, 3.05) is 49.7 Å². The molecular formula is C19H23N3O4S. The van der Waals surface area contributed by atoms with Crippen molar-refractivity contribution in [3.63, 3.8) is 0 Å². The van der Waals surface area contributed by atoms with Crippen molar-refractivity contribution in [3.05, 3.63) is 48.0 Å². The van der Waals surface area contributed by atoms with Crippen LogP contribution in [0.25, 0.3) is 0 Å². The maximum Gasteiger partial charge on any atom is 0.255 e. The lowest BCUT2D eigenvalue weighted by Gasteiger charge is -2.34. The third-order valence-corrected chi connectivity index (χ3v) is 5.74. The number of hydrogen-bond donors (Lipinski definition) is 2. The maximum absolute atomic E-state index is 12.4. The van der Waals surface area contributed by atoms with Gasteiger partial charge in [-0.1, -0.05) is 0 Å². The third-order valence-electron chi connectivity index (χ3n) is 4.62. The smallest absolute Gasteiger partial charge is 0.255 e. The van der Waals surface area contributed by atoms with Crippen LogP contribution in [0.5, 0.6) is 5.75 Å². The summed E-state index contributed by atoms with van der Waals surface area (Å²) in [5.41, 5.74) is 1.85. The summed E-state index contributed by atoms with van der Waals surface area (Å²) in [5, 5.41) is 12.4. The number of phenols is 1. The van der Waals surface area contributed by atoms with E-state index in [-0.39, 0.29) is 16.6 Å². The van der Waals surface area contributed by atoms with Crippen LogP contribution in [0, 0.1) is 0 Å². The number of hydrogen-bond acceptors (Lipinski definition) is 6. The molecule has 0 saturated carbocycles.